The van der Waals surface area contributed by atoms with Crippen molar-refractivity contribution in [2.75, 3.05) is 0 Å². The standard InChI is InChI=1S/C17H9N5/c1-2-4-14-10(3-1)5-11-12-6-18-8-20-15(12)13-7-19-9-21-16(13)17(11)22-14/h1-9H. The maximum Gasteiger partial charge on any atom is 0.116 e. The minimum Gasteiger partial charge on any atom is -0.245 e. The third kappa shape index (κ3) is 1.45. The lowest BCUT2D eigenvalue weighted by atomic mass is 10.0. The molecule has 0 N–H and O–H groups in total. The second kappa shape index (κ2) is 4.14. The molecule has 22 heavy (non-hydrogen) atoms. The number of aromatic nitrogens is 5. The number of fused-ring (bicyclic) bond motifs is 7. The Morgan fingerprint density at radius 1 is 0.682 bits per heavy atom. The zero-order chi connectivity index (χ0) is 14.5. The Labute approximate surface area is 124 Å². The number of benzene rings is 2. The van der Waals surface area contributed by atoms with Crippen LogP contribution in [-0.2, 0) is 0 Å². The number of para-hydroxylation sites is 1. The van der Waals surface area contributed by atoms with Gasteiger partial charge in [0.15, 0.2) is 0 Å². The van der Waals surface area contributed by atoms with Crippen molar-refractivity contribution < 1.29 is 0 Å². The Morgan fingerprint density at radius 3 is 2.36 bits per heavy atom. The second-order valence-electron chi connectivity index (χ2n) is 5.15. The van der Waals surface area contributed by atoms with Gasteiger partial charge in [-0.05, 0) is 12.1 Å². The predicted molar refractivity (Wildman–Crippen MR) is 85.4 cm³/mol. The van der Waals surface area contributed by atoms with E-state index in [9.17, 15) is 0 Å². The van der Waals surface area contributed by atoms with Gasteiger partial charge in [0.25, 0.3) is 0 Å². The van der Waals surface area contributed by atoms with Crippen molar-refractivity contribution in [3.8, 4) is 0 Å². The van der Waals surface area contributed by atoms with E-state index in [4.69, 9.17) is 4.98 Å². The van der Waals surface area contributed by atoms with E-state index in [-0.39, 0.29) is 0 Å². The maximum absolute atomic E-state index is 4.81. The molecule has 3 aromatic heterocycles. The first-order chi connectivity index (χ1) is 10.9. The minimum absolute atomic E-state index is 0.821. The van der Waals surface area contributed by atoms with E-state index in [0.29, 0.717) is 0 Å². The van der Waals surface area contributed by atoms with Crippen LogP contribution >= 0.6 is 0 Å². The number of rotatable bonds is 0. The highest BCUT2D eigenvalue weighted by molar-refractivity contribution is 6.22. The van der Waals surface area contributed by atoms with Gasteiger partial charge < -0.3 is 0 Å². The van der Waals surface area contributed by atoms with Crippen LogP contribution in [0.15, 0.2) is 55.4 Å². The quantitative estimate of drug-likeness (QED) is 0.322. The highest BCUT2D eigenvalue weighted by Crippen LogP contribution is 2.32. The molecule has 5 rings (SSSR count). The number of nitrogens with zero attached hydrogens (tertiary/aromatic N) is 5. The average molecular weight is 283 g/mol. The van der Waals surface area contributed by atoms with E-state index in [0.717, 1.165) is 43.6 Å². The molecule has 0 saturated carbocycles. The molecule has 0 aliphatic heterocycles. The van der Waals surface area contributed by atoms with E-state index in [1.54, 1.807) is 18.9 Å². The summed E-state index contributed by atoms with van der Waals surface area (Å²) < 4.78 is 0. The fraction of sp³-hybridized carbons (Fsp3) is 0. The fourth-order valence-corrected chi connectivity index (χ4v) is 2.93. The Bertz CT molecular complexity index is 1090. The predicted octanol–water partition coefficient (Wildman–Crippen LogP) is 3.27. The van der Waals surface area contributed by atoms with Crippen molar-refractivity contribution in [3.63, 3.8) is 0 Å². The highest BCUT2D eigenvalue weighted by Gasteiger charge is 2.12. The maximum atomic E-state index is 4.81. The zero-order valence-corrected chi connectivity index (χ0v) is 11.4. The zero-order valence-electron chi connectivity index (χ0n) is 11.4. The van der Waals surface area contributed by atoms with E-state index in [1.807, 2.05) is 24.4 Å². The first-order valence-corrected chi connectivity index (χ1v) is 6.93. The molecule has 3 heterocycles. The van der Waals surface area contributed by atoms with Gasteiger partial charge in [-0.1, -0.05) is 18.2 Å². The topological polar surface area (TPSA) is 64.5 Å². The molecule has 2 aromatic carbocycles. The van der Waals surface area contributed by atoms with E-state index >= 15 is 0 Å². The van der Waals surface area contributed by atoms with Gasteiger partial charge in [0.05, 0.1) is 16.6 Å². The summed E-state index contributed by atoms with van der Waals surface area (Å²) in [7, 11) is 0. The third-order valence-corrected chi connectivity index (χ3v) is 3.92. The normalized spacial score (nSPS) is 11.6. The van der Waals surface area contributed by atoms with Gasteiger partial charge in [0, 0.05) is 33.9 Å². The molecule has 5 aromatic rings. The van der Waals surface area contributed by atoms with Crippen molar-refractivity contribution in [3.05, 3.63) is 55.4 Å². The lowest BCUT2D eigenvalue weighted by molar-refractivity contribution is 1.21. The Kier molecular flexibility index (Phi) is 2.16. The molecule has 0 aliphatic carbocycles. The molecule has 0 amide bonds. The van der Waals surface area contributed by atoms with Crippen molar-refractivity contribution in [1.29, 1.82) is 0 Å². The molecular formula is C17H9N5. The van der Waals surface area contributed by atoms with Gasteiger partial charge in [-0.2, -0.15) is 0 Å². The molecule has 0 spiro atoms. The Hall–Kier alpha value is -3.21. The van der Waals surface area contributed by atoms with Crippen LogP contribution in [0.5, 0.6) is 0 Å². The summed E-state index contributed by atoms with van der Waals surface area (Å²) in [6.07, 6.45) is 6.71. The van der Waals surface area contributed by atoms with Crippen LogP contribution in [0, 0.1) is 0 Å². The summed E-state index contributed by atoms with van der Waals surface area (Å²) in [4.78, 5) is 22.0. The van der Waals surface area contributed by atoms with Crippen LogP contribution in [0.4, 0.5) is 0 Å². The van der Waals surface area contributed by atoms with E-state index in [2.05, 4.69) is 32.1 Å². The number of hydrogen-bond acceptors (Lipinski definition) is 5. The molecule has 0 atom stereocenters. The molecule has 0 saturated heterocycles. The van der Waals surface area contributed by atoms with Crippen LogP contribution < -0.4 is 0 Å². The van der Waals surface area contributed by atoms with Gasteiger partial charge >= 0.3 is 0 Å². The molecule has 5 nitrogen and oxygen atoms in total. The molecule has 0 radical (unpaired) electrons. The summed E-state index contributed by atoms with van der Waals surface area (Å²) in [5.41, 5.74) is 3.49. The average Bonchev–Trinajstić information content (AvgIpc) is 2.61. The van der Waals surface area contributed by atoms with E-state index in [1.165, 1.54) is 0 Å². The van der Waals surface area contributed by atoms with Crippen LogP contribution in [-0.4, -0.2) is 24.9 Å². The van der Waals surface area contributed by atoms with Gasteiger partial charge in [-0.15, -0.1) is 0 Å². The molecule has 0 bridgehead atoms. The monoisotopic (exact) mass is 283 g/mol. The Morgan fingerprint density at radius 2 is 1.45 bits per heavy atom. The number of pyridine rings is 1. The summed E-state index contributed by atoms with van der Waals surface area (Å²) >= 11 is 0. The lowest BCUT2D eigenvalue weighted by Crippen LogP contribution is -1.92. The minimum atomic E-state index is 0.821. The van der Waals surface area contributed by atoms with Crippen molar-refractivity contribution in [1.82, 2.24) is 24.9 Å². The third-order valence-electron chi connectivity index (χ3n) is 3.92. The van der Waals surface area contributed by atoms with Crippen LogP contribution in [0.2, 0.25) is 0 Å². The lowest BCUT2D eigenvalue weighted by Gasteiger charge is -2.08. The second-order valence-corrected chi connectivity index (χ2v) is 5.15. The highest BCUT2D eigenvalue weighted by atomic mass is 14.9. The summed E-state index contributed by atoms with van der Waals surface area (Å²) in [6, 6.07) is 10.2. The SMILES string of the molecule is c1ccc2nc3c(cc2c1)c1cncnc1c1cncnc13. The molecular weight excluding hydrogens is 274 g/mol. The molecule has 102 valence electrons. The fourth-order valence-electron chi connectivity index (χ4n) is 2.93. The first-order valence-electron chi connectivity index (χ1n) is 6.93. The first kappa shape index (κ1) is 11.4. The van der Waals surface area contributed by atoms with Gasteiger partial charge in [-0.3, -0.25) is 0 Å². The van der Waals surface area contributed by atoms with Gasteiger partial charge in [0.1, 0.15) is 18.2 Å². The van der Waals surface area contributed by atoms with Crippen LogP contribution in [0.3, 0.4) is 0 Å². The molecule has 5 heteroatoms. The van der Waals surface area contributed by atoms with Crippen molar-refractivity contribution in [2.45, 2.75) is 0 Å². The smallest absolute Gasteiger partial charge is 0.116 e. The van der Waals surface area contributed by atoms with Gasteiger partial charge in [-0.25, -0.2) is 24.9 Å². The Balaban J connectivity index is 2.17. The van der Waals surface area contributed by atoms with Gasteiger partial charge in [0.2, 0.25) is 0 Å². The largest absolute Gasteiger partial charge is 0.245 e. The summed E-state index contributed by atoms with van der Waals surface area (Å²) in [5.74, 6) is 0. The van der Waals surface area contributed by atoms with Crippen LogP contribution in [0.25, 0.3) is 43.6 Å². The summed E-state index contributed by atoms with van der Waals surface area (Å²) in [6.45, 7) is 0. The number of hydrogen-bond donors (Lipinski definition) is 0. The molecule has 0 aliphatic rings. The molecule has 0 unspecified atom stereocenters. The van der Waals surface area contributed by atoms with Crippen molar-refractivity contribution in [2.24, 2.45) is 0 Å². The van der Waals surface area contributed by atoms with Crippen LogP contribution in [0.1, 0.15) is 0 Å². The van der Waals surface area contributed by atoms with Crippen molar-refractivity contribution >= 4 is 43.6 Å². The summed E-state index contributed by atoms with van der Waals surface area (Å²) in [5, 5.41) is 3.97. The molecule has 0 fully saturated rings. The van der Waals surface area contributed by atoms with E-state index < -0.39 is 0 Å².